The van der Waals surface area contributed by atoms with Crippen LogP contribution in [0.15, 0.2) is 129 Å². The Balaban J connectivity index is 1.74. The van der Waals surface area contributed by atoms with Crippen LogP contribution in [0.4, 0.5) is 0 Å². The molecule has 3 aromatic carbocycles. The van der Waals surface area contributed by atoms with Crippen molar-refractivity contribution in [3.8, 4) is 5.75 Å². The highest BCUT2D eigenvalue weighted by molar-refractivity contribution is 5.68. The molecule has 0 saturated heterocycles. The Labute approximate surface area is 209 Å². The molecule has 0 amide bonds. The van der Waals surface area contributed by atoms with Gasteiger partial charge < -0.3 is 4.74 Å². The van der Waals surface area contributed by atoms with Crippen LogP contribution in [0.25, 0.3) is 5.57 Å². The number of allylic oxidation sites excluding steroid dienone is 6. The molecule has 0 radical (unpaired) electrons. The molecule has 3 unspecified atom stereocenters. The van der Waals surface area contributed by atoms with E-state index in [1.165, 1.54) is 22.3 Å². The largest absolute Gasteiger partial charge is 0.490 e. The number of hydrogen-bond donors (Lipinski definition) is 0. The molecule has 0 N–H and O–H groups in total. The third-order valence-corrected chi connectivity index (χ3v) is 7.72. The zero-order valence-corrected chi connectivity index (χ0v) is 20.4. The van der Waals surface area contributed by atoms with Gasteiger partial charge in [-0.1, -0.05) is 117 Å². The number of rotatable bonds is 8. The lowest BCUT2D eigenvalue weighted by molar-refractivity contribution is 0.358. The molecule has 1 heteroatoms. The van der Waals surface area contributed by atoms with Gasteiger partial charge in [-0.2, -0.15) is 0 Å². The molecule has 0 aliphatic heterocycles. The fraction of sp³-hybridized carbons (Fsp3) is 0.176. The van der Waals surface area contributed by atoms with Gasteiger partial charge >= 0.3 is 0 Å². The predicted octanol–water partition coefficient (Wildman–Crippen LogP) is 8.19. The van der Waals surface area contributed by atoms with Crippen molar-refractivity contribution in [2.75, 3.05) is 6.61 Å². The zero-order chi connectivity index (χ0) is 24.5. The average Bonchev–Trinajstić information content (AvgIpc) is 3.14. The fourth-order valence-corrected chi connectivity index (χ4v) is 6.12. The summed E-state index contributed by atoms with van der Waals surface area (Å²) < 4.78 is 5.81. The van der Waals surface area contributed by atoms with Gasteiger partial charge in [0.1, 0.15) is 12.4 Å². The molecule has 0 bridgehead atoms. The zero-order valence-electron chi connectivity index (χ0n) is 20.4. The highest BCUT2D eigenvalue weighted by Crippen LogP contribution is 2.62. The molecule has 0 aromatic heterocycles. The van der Waals surface area contributed by atoms with E-state index >= 15 is 0 Å². The number of fused-ring (bicyclic) bond motifs is 3. The number of benzene rings is 3. The summed E-state index contributed by atoms with van der Waals surface area (Å²) in [5.41, 5.74) is 7.11. The third-order valence-electron chi connectivity index (χ3n) is 7.72. The van der Waals surface area contributed by atoms with Crippen LogP contribution in [0, 0.1) is 5.92 Å². The second-order valence-electron chi connectivity index (χ2n) is 9.66. The molecule has 5 rings (SSSR count). The van der Waals surface area contributed by atoms with Gasteiger partial charge in [0.2, 0.25) is 0 Å². The van der Waals surface area contributed by atoms with E-state index in [4.69, 9.17) is 4.74 Å². The molecule has 0 fully saturated rings. The smallest absolute Gasteiger partial charge is 0.119 e. The minimum atomic E-state index is -0.331. The number of hydrogen-bond acceptors (Lipinski definition) is 1. The minimum absolute atomic E-state index is 0.103. The lowest BCUT2D eigenvalue weighted by atomic mass is 9.60. The Hall–Kier alpha value is -3.84. The lowest BCUT2D eigenvalue weighted by Crippen LogP contribution is -2.40. The monoisotopic (exact) mass is 456 g/mol. The maximum absolute atomic E-state index is 5.81. The van der Waals surface area contributed by atoms with Crippen molar-refractivity contribution in [3.63, 3.8) is 0 Å². The summed E-state index contributed by atoms with van der Waals surface area (Å²) in [5.74, 6) is 1.09. The Kier molecular flexibility index (Phi) is 5.94. The van der Waals surface area contributed by atoms with Crippen molar-refractivity contribution in [2.45, 2.75) is 24.2 Å². The van der Waals surface area contributed by atoms with Crippen molar-refractivity contribution in [3.05, 3.63) is 157 Å². The summed E-state index contributed by atoms with van der Waals surface area (Å²) in [6.45, 7) is 14.8. The van der Waals surface area contributed by atoms with Crippen LogP contribution in [-0.4, -0.2) is 6.61 Å². The first-order valence-electron chi connectivity index (χ1n) is 12.3. The van der Waals surface area contributed by atoms with Crippen molar-refractivity contribution < 1.29 is 4.74 Å². The van der Waals surface area contributed by atoms with Crippen molar-refractivity contribution >= 4 is 5.57 Å². The molecular weight excluding hydrogens is 424 g/mol. The van der Waals surface area contributed by atoms with E-state index in [-0.39, 0.29) is 16.7 Å². The van der Waals surface area contributed by atoms with E-state index in [0.29, 0.717) is 6.61 Å². The maximum atomic E-state index is 5.81. The first kappa shape index (κ1) is 22.9. The molecule has 3 atom stereocenters. The number of ether oxygens (including phenoxy) is 1. The van der Waals surface area contributed by atoms with Crippen LogP contribution in [-0.2, 0) is 10.8 Å². The summed E-state index contributed by atoms with van der Waals surface area (Å²) >= 11 is 0. The standard InChI is InChI=1S/C34H32O/c1-5-11-25(3)26-15-17-27(18-16-26)34(28-19-21-29(22-20-28)35-24-6-2)31-13-8-7-12-30(31)33(4)23-10-9-14-32(33)34/h5-10,12-23,32H,1-3,11,24H2,4H3. The first-order valence-corrected chi connectivity index (χ1v) is 12.3. The Morgan fingerprint density at radius 2 is 1.51 bits per heavy atom. The minimum Gasteiger partial charge on any atom is -0.490 e. The second kappa shape index (κ2) is 9.07. The molecular formula is C34H32O. The van der Waals surface area contributed by atoms with Gasteiger partial charge in [-0.15, -0.1) is 6.58 Å². The summed E-state index contributed by atoms with van der Waals surface area (Å²) in [6.07, 6.45) is 13.6. The normalized spacial score (nSPS) is 23.9. The fourth-order valence-electron chi connectivity index (χ4n) is 6.12. The molecule has 1 nitrogen and oxygen atoms in total. The van der Waals surface area contributed by atoms with Crippen LogP contribution in [0.2, 0.25) is 0 Å². The van der Waals surface area contributed by atoms with Gasteiger partial charge in [0.05, 0.1) is 5.41 Å². The van der Waals surface area contributed by atoms with Crippen molar-refractivity contribution in [2.24, 2.45) is 5.92 Å². The SMILES string of the molecule is C=CCOc1ccc(C2(c3ccc(C(=C)CC=C)cc3)c3ccccc3C3(C)C=CC=CC32)cc1. The highest BCUT2D eigenvalue weighted by Gasteiger charge is 2.58. The van der Waals surface area contributed by atoms with E-state index in [1.807, 2.05) is 6.08 Å². The maximum Gasteiger partial charge on any atom is 0.119 e. The van der Waals surface area contributed by atoms with Gasteiger partial charge in [0.15, 0.2) is 0 Å². The summed E-state index contributed by atoms with van der Waals surface area (Å²) in [5, 5.41) is 0. The molecule has 0 saturated carbocycles. The predicted molar refractivity (Wildman–Crippen MR) is 148 cm³/mol. The van der Waals surface area contributed by atoms with Crippen LogP contribution in [0.3, 0.4) is 0 Å². The van der Waals surface area contributed by atoms with Crippen LogP contribution >= 0.6 is 0 Å². The average molecular weight is 457 g/mol. The van der Waals surface area contributed by atoms with Gasteiger partial charge in [-0.05, 0) is 51.9 Å². The van der Waals surface area contributed by atoms with Crippen molar-refractivity contribution in [1.29, 1.82) is 0 Å². The molecule has 3 aromatic rings. The topological polar surface area (TPSA) is 9.23 Å². The summed E-state index contributed by atoms with van der Waals surface area (Å²) in [7, 11) is 0. The van der Waals surface area contributed by atoms with Gasteiger partial charge in [0.25, 0.3) is 0 Å². The van der Waals surface area contributed by atoms with Crippen LogP contribution < -0.4 is 4.74 Å². The highest BCUT2D eigenvalue weighted by atomic mass is 16.5. The molecule has 35 heavy (non-hydrogen) atoms. The lowest BCUT2D eigenvalue weighted by Gasteiger charge is -2.42. The van der Waals surface area contributed by atoms with Crippen molar-refractivity contribution in [1.82, 2.24) is 0 Å². The van der Waals surface area contributed by atoms with E-state index in [0.717, 1.165) is 23.3 Å². The molecule has 0 spiro atoms. The second-order valence-corrected chi connectivity index (χ2v) is 9.66. The van der Waals surface area contributed by atoms with Crippen LogP contribution in [0.5, 0.6) is 5.75 Å². The van der Waals surface area contributed by atoms with E-state index in [2.05, 4.69) is 124 Å². The first-order chi connectivity index (χ1) is 17.1. The molecule has 2 aliphatic carbocycles. The van der Waals surface area contributed by atoms with Crippen LogP contribution in [0.1, 0.15) is 41.2 Å². The summed E-state index contributed by atoms with van der Waals surface area (Å²) in [6, 6.07) is 26.6. The quantitative estimate of drug-likeness (QED) is 0.310. The van der Waals surface area contributed by atoms with E-state index in [1.54, 1.807) is 6.08 Å². The molecule has 174 valence electrons. The van der Waals surface area contributed by atoms with Gasteiger partial charge in [0, 0.05) is 11.3 Å². The Morgan fingerprint density at radius 1 is 0.857 bits per heavy atom. The Bertz CT molecular complexity index is 1320. The summed E-state index contributed by atoms with van der Waals surface area (Å²) in [4.78, 5) is 0. The Morgan fingerprint density at radius 3 is 2.17 bits per heavy atom. The van der Waals surface area contributed by atoms with E-state index < -0.39 is 0 Å². The van der Waals surface area contributed by atoms with Gasteiger partial charge in [-0.3, -0.25) is 0 Å². The molecule has 0 heterocycles. The third kappa shape index (κ3) is 3.54. The van der Waals surface area contributed by atoms with Gasteiger partial charge in [-0.25, -0.2) is 0 Å². The molecule has 2 aliphatic rings. The van der Waals surface area contributed by atoms with E-state index in [9.17, 15) is 0 Å².